The third-order valence-electron chi connectivity index (χ3n) is 4.27. The molecule has 0 aromatic heterocycles. The molecule has 104 valence electrons. The van der Waals surface area contributed by atoms with Crippen LogP contribution in [0, 0.1) is 6.92 Å². The minimum Gasteiger partial charge on any atom is -0.369 e. The van der Waals surface area contributed by atoms with Gasteiger partial charge in [-0.2, -0.15) is 0 Å². The molecule has 3 rings (SSSR count). The Balaban J connectivity index is 1.69. The normalized spacial score (nSPS) is 18.6. The fourth-order valence-corrected chi connectivity index (χ4v) is 2.75. The first-order valence-electron chi connectivity index (χ1n) is 7.87. The van der Waals surface area contributed by atoms with Crippen LogP contribution in [0.25, 0.3) is 0 Å². The van der Waals surface area contributed by atoms with Crippen molar-refractivity contribution in [2.45, 2.75) is 64.6 Å². The topological polar surface area (TPSA) is 15.3 Å². The van der Waals surface area contributed by atoms with E-state index in [4.69, 9.17) is 0 Å². The number of hydrogen-bond acceptors (Lipinski definition) is 2. The molecule has 2 heteroatoms. The van der Waals surface area contributed by atoms with Gasteiger partial charge in [0.1, 0.15) is 0 Å². The lowest BCUT2D eigenvalue weighted by atomic mass is 10.1. The van der Waals surface area contributed by atoms with E-state index in [2.05, 4.69) is 42.3 Å². The molecule has 2 saturated carbocycles. The molecule has 0 aliphatic heterocycles. The van der Waals surface area contributed by atoms with Gasteiger partial charge in [0, 0.05) is 30.9 Å². The summed E-state index contributed by atoms with van der Waals surface area (Å²) in [4.78, 5) is 2.60. The molecule has 2 fully saturated rings. The minimum absolute atomic E-state index is 0.794. The van der Waals surface area contributed by atoms with Crippen molar-refractivity contribution in [2.75, 3.05) is 11.4 Å². The lowest BCUT2D eigenvalue weighted by Gasteiger charge is -2.25. The number of nitrogens with zero attached hydrogens (tertiary/aromatic N) is 1. The Bertz CT molecular complexity index is 433. The first-order valence-corrected chi connectivity index (χ1v) is 7.87. The monoisotopic (exact) mass is 258 g/mol. The molecule has 1 aromatic carbocycles. The van der Waals surface area contributed by atoms with Crippen molar-refractivity contribution in [3.63, 3.8) is 0 Å². The van der Waals surface area contributed by atoms with Crippen LogP contribution in [0.15, 0.2) is 18.2 Å². The third kappa shape index (κ3) is 3.30. The highest BCUT2D eigenvalue weighted by Crippen LogP contribution is 2.32. The van der Waals surface area contributed by atoms with Gasteiger partial charge in [0.25, 0.3) is 0 Å². The van der Waals surface area contributed by atoms with Crippen LogP contribution >= 0.6 is 0 Å². The summed E-state index contributed by atoms with van der Waals surface area (Å²) >= 11 is 0. The second kappa shape index (κ2) is 5.54. The Hall–Kier alpha value is -1.02. The van der Waals surface area contributed by atoms with E-state index in [-0.39, 0.29) is 0 Å². The summed E-state index contributed by atoms with van der Waals surface area (Å²) in [6.45, 7) is 6.76. The van der Waals surface area contributed by atoms with Crippen molar-refractivity contribution in [1.82, 2.24) is 5.32 Å². The largest absolute Gasteiger partial charge is 0.369 e. The van der Waals surface area contributed by atoms with Crippen LogP contribution in [0.5, 0.6) is 0 Å². The van der Waals surface area contributed by atoms with E-state index in [0.29, 0.717) is 0 Å². The summed E-state index contributed by atoms with van der Waals surface area (Å²) in [6, 6.07) is 8.64. The molecular weight excluding hydrogens is 232 g/mol. The molecule has 2 aliphatic rings. The van der Waals surface area contributed by atoms with Gasteiger partial charge in [-0.05, 0) is 62.3 Å². The Morgan fingerprint density at radius 1 is 1.21 bits per heavy atom. The summed E-state index contributed by atoms with van der Waals surface area (Å²) in [5, 5.41) is 3.61. The van der Waals surface area contributed by atoms with Gasteiger partial charge in [-0.3, -0.25) is 0 Å². The highest BCUT2D eigenvalue weighted by Gasteiger charge is 2.28. The lowest BCUT2D eigenvalue weighted by molar-refractivity contribution is 0.684. The molecule has 0 atom stereocenters. The van der Waals surface area contributed by atoms with Crippen LogP contribution in [0.4, 0.5) is 5.69 Å². The maximum atomic E-state index is 3.61. The molecule has 0 bridgehead atoms. The molecule has 0 spiro atoms. The Labute approximate surface area is 117 Å². The summed E-state index contributed by atoms with van der Waals surface area (Å²) in [6.07, 6.45) is 6.72. The summed E-state index contributed by atoms with van der Waals surface area (Å²) < 4.78 is 0. The van der Waals surface area contributed by atoms with Crippen molar-refractivity contribution in [3.8, 4) is 0 Å². The molecule has 1 N–H and O–H groups in total. The standard InChI is InChI=1S/C17H26N2/c1-3-10-19(16-8-9-16)17-7-4-14(13(2)11-17)12-18-15-5-6-15/h4,7,11,15-16,18H,3,5-6,8-10,12H2,1-2H3. The fraction of sp³-hybridized carbons (Fsp3) is 0.647. The highest BCUT2D eigenvalue weighted by molar-refractivity contribution is 5.52. The van der Waals surface area contributed by atoms with Gasteiger partial charge < -0.3 is 10.2 Å². The zero-order chi connectivity index (χ0) is 13.2. The van der Waals surface area contributed by atoms with Crippen LogP contribution in [0.1, 0.15) is 50.2 Å². The summed E-state index contributed by atoms with van der Waals surface area (Å²) in [5.74, 6) is 0. The molecule has 0 radical (unpaired) electrons. The molecule has 1 aromatic rings. The average Bonchev–Trinajstić information content (AvgIpc) is 3.28. The number of nitrogens with one attached hydrogen (secondary N) is 1. The molecule has 0 amide bonds. The summed E-state index contributed by atoms with van der Waals surface area (Å²) in [5.41, 5.74) is 4.33. The van der Waals surface area contributed by atoms with Crippen LogP contribution in [-0.2, 0) is 6.54 Å². The lowest BCUT2D eigenvalue weighted by Crippen LogP contribution is -2.26. The second-order valence-corrected chi connectivity index (χ2v) is 6.19. The van der Waals surface area contributed by atoms with Crippen LogP contribution < -0.4 is 10.2 Å². The quantitative estimate of drug-likeness (QED) is 0.803. The zero-order valence-corrected chi connectivity index (χ0v) is 12.3. The molecular formula is C17H26N2. The number of anilines is 1. The SMILES string of the molecule is CCCN(c1ccc(CNC2CC2)c(C)c1)C1CC1. The predicted octanol–water partition coefficient (Wildman–Crippen LogP) is 3.63. The Morgan fingerprint density at radius 3 is 2.58 bits per heavy atom. The smallest absolute Gasteiger partial charge is 0.0371 e. The number of hydrogen-bond donors (Lipinski definition) is 1. The molecule has 0 unspecified atom stereocenters. The average molecular weight is 258 g/mol. The first-order chi connectivity index (χ1) is 9.28. The van der Waals surface area contributed by atoms with E-state index >= 15 is 0 Å². The molecule has 19 heavy (non-hydrogen) atoms. The van der Waals surface area contributed by atoms with Crippen LogP contribution in [0.2, 0.25) is 0 Å². The van der Waals surface area contributed by atoms with Gasteiger partial charge in [-0.15, -0.1) is 0 Å². The predicted molar refractivity (Wildman–Crippen MR) is 81.7 cm³/mol. The fourth-order valence-electron chi connectivity index (χ4n) is 2.75. The summed E-state index contributed by atoms with van der Waals surface area (Å²) in [7, 11) is 0. The molecule has 2 nitrogen and oxygen atoms in total. The van der Waals surface area contributed by atoms with Gasteiger partial charge in [0.05, 0.1) is 0 Å². The van der Waals surface area contributed by atoms with Crippen LogP contribution in [0.3, 0.4) is 0 Å². The number of benzene rings is 1. The van der Waals surface area contributed by atoms with Gasteiger partial charge in [-0.1, -0.05) is 13.0 Å². The van der Waals surface area contributed by atoms with Crippen molar-refractivity contribution in [2.24, 2.45) is 0 Å². The molecule has 0 saturated heterocycles. The van der Waals surface area contributed by atoms with E-state index < -0.39 is 0 Å². The van der Waals surface area contributed by atoms with E-state index in [1.807, 2.05) is 0 Å². The van der Waals surface area contributed by atoms with Crippen molar-refractivity contribution >= 4 is 5.69 Å². The van der Waals surface area contributed by atoms with Crippen molar-refractivity contribution in [1.29, 1.82) is 0 Å². The molecule has 2 aliphatic carbocycles. The van der Waals surface area contributed by atoms with Gasteiger partial charge >= 0.3 is 0 Å². The molecule has 0 heterocycles. The van der Waals surface area contributed by atoms with E-state index in [1.165, 1.54) is 55.5 Å². The number of aryl methyl sites for hydroxylation is 1. The van der Waals surface area contributed by atoms with E-state index in [0.717, 1.165) is 18.6 Å². The van der Waals surface area contributed by atoms with E-state index in [9.17, 15) is 0 Å². The van der Waals surface area contributed by atoms with Gasteiger partial charge in [0.2, 0.25) is 0 Å². The third-order valence-corrected chi connectivity index (χ3v) is 4.27. The maximum Gasteiger partial charge on any atom is 0.0371 e. The number of rotatable bonds is 7. The van der Waals surface area contributed by atoms with Crippen LogP contribution in [-0.4, -0.2) is 18.6 Å². The van der Waals surface area contributed by atoms with Crippen molar-refractivity contribution < 1.29 is 0 Å². The maximum absolute atomic E-state index is 3.61. The van der Waals surface area contributed by atoms with Gasteiger partial charge in [0.15, 0.2) is 0 Å². The second-order valence-electron chi connectivity index (χ2n) is 6.19. The highest BCUT2D eigenvalue weighted by atomic mass is 15.2. The van der Waals surface area contributed by atoms with Gasteiger partial charge in [-0.25, -0.2) is 0 Å². The minimum atomic E-state index is 0.794. The van der Waals surface area contributed by atoms with E-state index in [1.54, 1.807) is 0 Å². The van der Waals surface area contributed by atoms with Crippen molar-refractivity contribution in [3.05, 3.63) is 29.3 Å². The Morgan fingerprint density at radius 2 is 2.00 bits per heavy atom. The zero-order valence-electron chi connectivity index (χ0n) is 12.3. The Kier molecular flexibility index (Phi) is 3.79. The first kappa shape index (κ1) is 13.0.